The van der Waals surface area contributed by atoms with Crippen molar-refractivity contribution in [3.8, 4) is 0 Å². The van der Waals surface area contributed by atoms with Gasteiger partial charge in [0.2, 0.25) is 0 Å². The van der Waals surface area contributed by atoms with E-state index < -0.39 is 10.8 Å². The molecule has 0 aliphatic heterocycles. The van der Waals surface area contributed by atoms with E-state index in [1.54, 1.807) is 0 Å². The number of rotatable bonds is 2. The molecule has 0 bridgehead atoms. The Morgan fingerprint density at radius 3 is 2.00 bits per heavy atom. The van der Waals surface area contributed by atoms with Crippen LogP contribution in [0.1, 0.15) is 20.8 Å². The molecule has 0 aromatic heterocycles. The molecule has 0 saturated carbocycles. The van der Waals surface area contributed by atoms with E-state index in [9.17, 15) is 4.79 Å². The van der Waals surface area contributed by atoms with E-state index in [1.807, 2.05) is 13.8 Å². The number of ketones is 1. The molecule has 0 unspecified atom stereocenters. The lowest BCUT2D eigenvalue weighted by Gasteiger charge is -2.22. The van der Waals surface area contributed by atoms with Crippen LogP contribution in [0.25, 0.3) is 0 Å². The molecule has 0 aromatic carbocycles. The summed E-state index contributed by atoms with van der Waals surface area (Å²) in [7, 11) is 0. The van der Waals surface area contributed by atoms with Gasteiger partial charge in [0.1, 0.15) is 5.78 Å². The van der Waals surface area contributed by atoms with Gasteiger partial charge in [-0.1, -0.05) is 0 Å². The van der Waals surface area contributed by atoms with Crippen molar-refractivity contribution in [2.45, 2.75) is 31.6 Å². The predicted octanol–water partition coefficient (Wildman–Crippen LogP) is 0.611. The van der Waals surface area contributed by atoms with Crippen molar-refractivity contribution in [1.29, 1.82) is 0 Å². The van der Waals surface area contributed by atoms with Crippen molar-refractivity contribution in [1.82, 2.24) is 0 Å². The lowest BCUT2D eigenvalue weighted by molar-refractivity contribution is -0.118. The minimum atomic E-state index is -0.458. The fourth-order valence-electron chi connectivity index (χ4n) is 0.497. The van der Waals surface area contributed by atoms with Gasteiger partial charge >= 0.3 is 0 Å². The molecule has 0 amide bonds. The largest absolute Gasteiger partial charge is 0.320 e. The summed E-state index contributed by atoms with van der Waals surface area (Å²) in [5.41, 5.74) is 5.47. The van der Waals surface area contributed by atoms with Crippen LogP contribution in [0.15, 0.2) is 0 Å². The Hall–Kier alpha value is -0.0200. The zero-order valence-corrected chi connectivity index (χ0v) is 6.90. The smallest absolute Gasteiger partial charge is 0.147 e. The van der Waals surface area contributed by atoms with Crippen molar-refractivity contribution in [2.75, 3.05) is 0 Å². The van der Waals surface area contributed by atoms with Gasteiger partial charge in [0.25, 0.3) is 0 Å². The average molecular weight is 147 g/mol. The maximum Gasteiger partial charge on any atom is 0.147 e. The van der Waals surface area contributed by atoms with Crippen molar-refractivity contribution < 1.29 is 4.79 Å². The van der Waals surface area contributed by atoms with Gasteiger partial charge in [-0.2, -0.15) is 12.6 Å². The van der Waals surface area contributed by atoms with Gasteiger partial charge in [0, 0.05) is 4.75 Å². The Bertz CT molecular complexity index is 117. The van der Waals surface area contributed by atoms with E-state index in [0.29, 0.717) is 0 Å². The summed E-state index contributed by atoms with van der Waals surface area (Å²) in [5.74, 6) is -0.0185. The topological polar surface area (TPSA) is 43.1 Å². The summed E-state index contributed by atoms with van der Waals surface area (Å²) >= 11 is 4.14. The third-order valence-electron chi connectivity index (χ3n) is 1.20. The fourth-order valence-corrected chi connectivity index (χ4v) is 0.679. The van der Waals surface area contributed by atoms with Crippen LogP contribution in [0.2, 0.25) is 0 Å². The van der Waals surface area contributed by atoms with Gasteiger partial charge in [0.05, 0.1) is 6.04 Å². The molecule has 0 fully saturated rings. The Kier molecular flexibility index (Phi) is 2.70. The van der Waals surface area contributed by atoms with Crippen LogP contribution < -0.4 is 5.73 Å². The van der Waals surface area contributed by atoms with Crippen LogP contribution in [-0.4, -0.2) is 16.6 Å². The van der Waals surface area contributed by atoms with E-state index in [0.717, 1.165) is 0 Å². The fraction of sp³-hybridized carbons (Fsp3) is 0.833. The molecule has 0 aliphatic rings. The first-order valence-corrected chi connectivity index (χ1v) is 3.29. The molecule has 0 spiro atoms. The monoisotopic (exact) mass is 147 g/mol. The first-order valence-electron chi connectivity index (χ1n) is 2.84. The Balaban J connectivity index is 4.04. The highest BCUT2D eigenvalue weighted by molar-refractivity contribution is 7.81. The lowest BCUT2D eigenvalue weighted by atomic mass is 10.0. The first kappa shape index (κ1) is 8.98. The van der Waals surface area contributed by atoms with Gasteiger partial charge in [-0.15, -0.1) is 0 Å². The summed E-state index contributed by atoms with van der Waals surface area (Å²) in [6, 6.07) is -0.458. The molecule has 0 aromatic rings. The highest BCUT2D eigenvalue weighted by atomic mass is 32.1. The van der Waals surface area contributed by atoms with Gasteiger partial charge in [-0.3, -0.25) is 4.79 Å². The number of nitrogens with two attached hydrogens (primary N) is 1. The highest BCUT2D eigenvalue weighted by Gasteiger charge is 2.24. The van der Waals surface area contributed by atoms with E-state index >= 15 is 0 Å². The maximum absolute atomic E-state index is 10.6. The zero-order chi connectivity index (χ0) is 7.65. The number of carbonyl (C=O) groups is 1. The van der Waals surface area contributed by atoms with Crippen molar-refractivity contribution >= 4 is 18.4 Å². The van der Waals surface area contributed by atoms with Gasteiger partial charge in [-0.25, -0.2) is 0 Å². The Labute approximate surface area is 61.2 Å². The van der Waals surface area contributed by atoms with Crippen LogP contribution in [0.5, 0.6) is 0 Å². The molecule has 3 heteroatoms. The summed E-state index contributed by atoms with van der Waals surface area (Å²) in [6.07, 6.45) is 0. The first-order chi connectivity index (χ1) is 3.85. The van der Waals surface area contributed by atoms with Crippen molar-refractivity contribution in [2.24, 2.45) is 5.73 Å². The molecule has 54 valence electrons. The second kappa shape index (κ2) is 2.71. The average Bonchev–Trinajstić information content (AvgIpc) is 1.62. The summed E-state index contributed by atoms with van der Waals surface area (Å²) in [4.78, 5) is 10.6. The second-order valence-electron chi connectivity index (χ2n) is 2.74. The molecular weight excluding hydrogens is 134 g/mol. The molecule has 2 nitrogen and oxygen atoms in total. The van der Waals surface area contributed by atoms with Crippen LogP contribution in [-0.2, 0) is 4.79 Å². The van der Waals surface area contributed by atoms with Crippen molar-refractivity contribution in [3.05, 3.63) is 0 Å². The molecule has 0 saturated heterocycles. The summed E-state index contributed by atoms with van der Waals surface area (Å²) < 4.78 is -0.397. The van der Waals surface area contributed by atoms with E-state index in [2.05, 4.69) is 12.6 Å². The van der Waals surface area contributed by atoms with Gasteiger partial charge < -0.3 is 5.73 Å². The van der Waals surface area contributed by atoms with Gasteiger partial charge in [-0.05, 0) is 20.8 Å². The molecule has 1 atom stereocenters. The molecule has 9 heavy (non-hydrogen) atoms. The third kappa shape index (κ3) is 2.87. The van der Waals surface area contributed by atoms with Crippen LogP contribution in [0.4, 0.5) is 0 Å². The number of hydrogen-bond acceptors (Lipinski definition) is 3. The minimum Gasteiger partial charge on any atom is -0.320 e. The molecule has 0 radical (unpaired) electrons. The quantitative estimate of drug-likeness (QED) is 0.562. The minimum absolute atomic E-state index is 0.0185. The second-order valence-corrected chi connectivity index (χ2v) is 3.89. The third-order valence-corrected chi connectivity index (χ3v) is 1.48. The number of thiol groups is 1. The van der Waals surface area contributed by atoms with Gasteiger partial charge in [0.15, 0.2) is 0 Å². The van der Waals surface area contributed by atoms with Crippen LogP contribution in [0, 0.1) is 0 Å². The standard InChI is InChI=1S/C6H13NOS/c1-4(8)5(7)6(2,3)9/h5,9H,7H2,1-3H3/t5-/m0/s1. The van der Waals surface area contributed by atoms with E-state index in [-0.39, 0.29) is 5.78 Å². The number of Topliss-reactive ketones (excluding diaryl/α,β-unsaturated/α-hetero) is 1. The molecule has 0 heterocycles. The van der Waals surface area contributed by atoms with Crippen LogP contribution >= 0.6 is 12.6 Å². The number of hydrogen-bond donors (Lipinski definition) is 2. The van der Waals surface area contributed by atoms with E-state index in [4.69, 9.17) is 5.73 Å². The molecule has 0 rings (SSSR count). The number of carbonyl (C=O) groups excluding carboxylic acids is 1. The molecular formula is C6H13NOS. The van der Waals surface area contributed by atoms with Crippen LogP contribution in [0.3, 0.4) is 0 Å². The van der Waals surface area contributed by atoms with Crippen molar-refractivity contribution in [3.63, 3.8) is 0 Å². The molecule has 0 aliphatic carbocycles. The Morgan fingerprint density at radius 1 is 1.67 bits per heavy atom. The summed E-state index contributed by atoms with van der Waals surface area (Å²) in [5, 5.41) is 0. The Morgan fingerprint density at radius 2 is 2.00 bits per heavy atom. The lowest BCUT2D eigenvalue weighted by Crippen LogP contribution is -2.44. The van der Waals surface area contributed by atoms with E-state index in [1.165, 1.54) is 6.92 Å². The molecule has 2 N–H and O–H groups in total. The summed E-state index contributed by atoms with van der Waals surface area (Å²) in [6.45, 7) is 5.12. The predicted molar refractivity (Wildman–Crippen MR) is 41.7 cm³/mol. The highest BCUT2D eigenvalue weighted by Crippen LogP contribution is 2.15. The normalized spacial score (nSPS) is 15.2. The zero-order valence-electron chi connectivity index (χ0n) is 6.01. The maximum atomic E-state index is 10.6. The SMILES string of the molecule is CC(=O)[C@H](N)C(C)(C)S.